The lowest BCUT2D eigenvalue weighted by Crippen LogP contribution is -2.68. The van der Waals surface area contributed by atoms with Gasteiger partial charge in [0.2, 0.25) is 0 Å². The number of nitrogens with one attached hydrogen (secondary N) is 1. The highest BCUT2D eigenvalue weighted by molar-refractivity contribution is 5.78. The Kier molecular flexibility index (Phi) is 3.72. The lowest BCUT2D eigenvalue weighted by Gasteiger charge is -2.61. The van der Waals surface area contributed by atoms with Gasteiger partial charge in [-0.3, -0.25) is 0 Å². The Morgan fingerprint density at radius 1 is 1.65 bits per heavy atom. The van der Waals surface area contributed by atoms with Crippen molar-refractivity contribution in [1.29, 1.82) is 0 Å². The van der Waals surface area contributed by atoms with Crippen molar-refractivity contribution in [2.45, 2.75) is 44.8 Å². The molecular formula is C13H23N3O. The maximum absolute atomic E-state index is 5.84. The normalized spacial score (nSPS) is 30.5. The summed E-state index contributed by atoms with van der Waals surface area (Å²) in [5.41, 5.74) is 6.18. The van der Waals surface area contributed by atoms with Crippen LogP contribution in [-0.2, 0) is 4.74 Å². The molecule has 2 rings (SSSR count). The standard InChI is InChI=1S/C13H23N3O/c1-3-8-15-12(14)16-10-9-11(17-4-2)13(10)6-5-7-13/h3,10-11H,1,4-9H2,2H3,(H3,14,15,16). The molecule has 2 saturated carbocycles. The molecule has 2 atom stereocenters. The van der Waals surface area contributed by atoms with Crippen molar-refractivity contribution in [2.75, 3.05) is 13.2 Å². The average Bonchev–Trinajstić information content (AvgIpc) is 2.22. The molecule has 2 unspecified atom stereocenters. The van der Waals surface area contributed by atoms with Crippen LogP contribution in [0.5, 0.6) is 0 Å². The minimum absolute atomic E-state index is 0.338. The van der Waals surface area contributed by atoms with Gasteiger partial charge in [0.15, 0.2) is 5.96 Å². The van der Waals surface area contributed by atoms with Gasteiger partial charge in [0, 0.05) is 18.1 Å². The summed E-state index contributed by atoms with van der Waals surface area (Å²) in [6.45, 7) is 7.07. The molecule has 4 nitrogen and oxygen atoms in total. The van der Waals surface area contributed by atoms with Crippen LogP contribution in [0.2, 0.25) is 0 Å². The first-order valence-electron chi connectivity index (χ1n) is 6.52. The number of aliphatic imine (C=N–C) groups is 1. The highest BCUT2D eigenvalue weighted by Crippen LogP contribution is 2.57. The van der Waals surface area contributed by atoms with Crippen LogP contribution in [0.4, 0.5) is 0 Å². The Hall–Kier alpha value is -1.03. The lowest BCUT2D eigenvalue weighted by molar-refractivity contribution is -0.168. The van der Waals surface area contributed by atoms with Gasteiger partial charge in [-0.25, -0.2) is 4.99 Å². The molecule has 1 spiro atoms. The molecule has 2 fully saturated rings. The molecule has 3 N–H and O–H groups in total. The summed E-state index contributed by atoms with van der Waals surface area (Å²) in [6.07, 6.45) is 7.04. The van der Waals surface area contributed by atoms with E-state index in [1.807, 2.05) is 0 Å². The number of nitrogens with zero attached hydrogens (tertiary/aromatic N) is 1. The minimum atomic E-state index is 0.338. The molecule has 0 amide bonds. The van der Waals surface area contributed by atoms with Crippen LogP contribution < -0.4 is 11.1 Å². The fourth-order valence-electron chi connectivity index (χ4n) is 3.03. The van der Waals surface area contributed by atoms with Crippen LogP contribution in [0.1, 0.15) is 32.6 Å². The molecule has 2 aliphatic carbocycles. The quantitative estimate of drug-likeness (QED) is 0.432. The smallest absolute Gasteiger partial charge is 0.189 e. The van der Waals surface area contributed by atoms with Crippen molar-refractivity contribution in [3.8, 4) is 0 Å². The van der Waals surface area contributed by atoms with E-state index in [9.17, 15) is 0 Å². The van der Waals surface area contributed by atoms with E-state index in [-0.39, 0.29) is 0 Å². The average molecular weight is 237 g/mol. The maximum Gasteiger partial charge on any atom is 0.189 e. The van der Waals surface area contributed by atoms with Crippen molar-refractivity contribution in [1.82, 2.24) is 5.32 Å². The number of rotatable bonds is 5. The van der Waals surface area contributed by atoms with E-state index in [1.165, 1.54) is 19.3 Å². The fourth-order valence-corrected chi connectivity index (χ4v) is 3.03. The summed E-state index contributed by atoms with van der Waals surface area (Å²) in [6, 6.07) is 0.446. The molecule has 0 aromatic heterocycles. The van der Waals surface area contributed by atoms with Gasteiger partial charge in [0.25, 0.3) is 0 Å². The molecule has 96 valence electrons. The SMILES string of the molecule is C=CCN=C(N)NC1CC(OCC)C12CCC2. The summed E-state index contributed by atoms with van der Waals surface area (Å²) in [5.74, 6) is 0.538. The highest BCUT2D eigenvalue weighted by atomic mass is 16.5. The molecule has 4 heteroatoms. The number of guanidine groups is 1. The van der Waals surface area contributed by atoms with E-state index in [0.29, 0.717) is 30.1 Å². The predicted molar refractivity (Wildman–Crippen MR) is 69.9 cm³/mol. The third-order valence-electron chi connectivity index (χ3n) is 4.15. The topological polar surface area (TPSA) is 59.6 Å². The Morgan fingerprint density at radius 2 is 2.41 bits per heavy atom. The third-order valence-corrected chi connectivity index (χ3v) is 4.15. The second kappa shape index (κ2) is 5.08. The van der Waals surface area contributed by atoms with E-state index >= 15 is 0 Å². The van der Waals surface area contributed by atoms with Gasteiger partial charge in [0.1, 0.15) is 0 Å². The largest absolute Gasteiger partial charge is 0.378 e. The molecule has 2 aliphatic rings. The number of ether oxygens (including phenoxy) is 1. The molecule has 0 heterocycles. The van der Waals surface area contributed by atoms with Crippen LogP contribution >= 0.6 is 0 Å². The van der Waals surface area contributed by atoms with Crippen LogP contribution in [0, 0.1) is 5.41 Å². The van der Waals surface area contributed by atoms with E-state index < -0.39 is 0 Å². The number of nitrogens with two attached hydrogens (primary N) is 1. The van der Waals surface area contributed by atoms with Crippen LogP contribution in [0.15, 0.2) is 17.6 Å². The molecular weight excluding hydrogens is 214 g/mol. The monoisotopic (exact) mass is 237 g/mol. The second-order valence-electron chi connectivity index (χ2n) is 4.98. The Labute approximate surface area is 103 Å². The predicted octanol–water partition coefficient (Wildman–Crippen LogP) is 1.42. The Bertz CT molecular complexity index is 310. The van der Waals surface area contributed by atoms with Crippen molar-refractivity contribution in [3.05, 3.63) is 12.7 Å². The summed E-state index contributed by atoms with van der Waals surface area (Å²) in [5, 5.41) is 3.33. The first-order valence-corrected chi connectivity index (χ1v) is 6.52. The van der Waals surface area contributed by atoms with Crippen molar-refractivity contribution >= 4 is 5.96 Å². The first kappa shape index (κ1) is 12.4. The van der Waals surface area contributed by atoms with Gasteiger partial charge in [-0.15, -0.1) is 6.58 Å². The Morgan fingerprint density at radius 3 is 2.94 bits per heavy atom. The summed E-state index contributed by atoms with van der Waals surface area (Å²) < 4.78 is 5.79. The summed E-state index contributed by atoms with van der Waals surface area (Å²) >= 11 is 0. The van der Waals surface area contributed by atoms with E-state index in [4.69, 9.17) is 10.5 Å². The first-order chi connectivity index (χ1) is 8.23. The number of hydrogen-bond donors (Lipinski definition) is 2. The van der Waals surface area contributed by atoms with Gasteiger partial charge in [-0.2, -0.15) is 0 Å². The van der Waals surface area contributed by atoms with Gasteiger partial charge in [-0.05, 0) is 26.2 Å². The van der Waals surface area contributed by atoms with Gasteiger partial charge in [0.05, 0.1) is 12.6 Å². The summed E-state index contributed by atoms with van der Waals surface area (Å²) in [7, 11) is 0. The van der Waals surface area contributed by atoms with Crippen LogP contribution in [0.3, 0.4) is 0 Å². The molecule has 0 aromatic rings. The van der Waals surface area contributed by atoms with Gasteiger partial charge < -0.3 is 15.8 Å². The molecule has 0 radical (unpaired) electrons. The van der Waals surface area contributed by atoms with Crippen molar-refractivity contribution < 1.29 is 4.74 Å². The second-order valence-corrected chi connectivity index (χ2v) is 4.98. The zero-order valence-corrected chi connectivity index (χ0v) is 10.6. The van der Waals surface area contributed by atoms with Gasteiger partial charge in [-0.1, -0.05) is 12.5 Å². The third kappa shape index (κ3) is 2.18. The minimum Gasteiger partial charge on any atom is -0.378 e. The maximum atomic E-state index is 5.84. The Balaban J connectivity index is 1.89. The zero-order chi connectivity index (χ0) is 12.3. The van der Waals surface area contributed by atoms with E-state index in [2.05, 4.69) is 23.8 Å². The molecule has 0 aliphatic heterocycles. The van der Waals surface area contributed by atoms with Crippen LogP contribution in [0.25, 0.3) is 0 Å². The van der Waals surface area contributed by atoms with Crippen molar-refractivity contribution in [2.24, 2.45) is 16.1 Å². The van der Waals surface area contributed by atoms with Crippen LogP contribution in [-0.4, -0.2) is 31.3 Å². The molecule has 0 bridgehead atoms. The van der Waals surface area contributed by atoms with E-state index in [1.54, 1.807) is 6.08 Å². The lowest BCUT2D eigenvalue weighted by atomic mass is 9.51. The summed E-state index contributed by atoms with van der Waals surface area (Å²) in [4.78, 5) is 4.18. The molecule has 0 saturated heterocycles. The van der Waals surface area contributed by atoms with E-state index in [0.717, 1.165) is 13.0 Å². The number of hydrogen-bond acceptors (Lipinski definition) is 2. The van der Waals surface area contributed by atoms with Gasteiger partial charge >= 0.3 is 0 Å². The molecule has 0 aromatic carbocycles. The fraction of sp³-hybridized carbons (Fsp3) is 0.769. The van der Waals surface area contributed by atoms with Crippen molar-refractivity contribution in [3.63, 3.8) is 0 Å². The molecule has 17 heavy (non-hydrogen) atoms. The highest BCUT2D eigenvalue weighted by Gasteiger charge is 2.59. The zero-order valence-electron chi connectivity index (χ0n) is 10.6.